The van der Waals surface area contributed by atoms with Crippen LogP contribution in [0.2, 0.25) is 0 Å². The van der Waals surface area contributed by atoms with Gasteiger partial charge >= 0.3 is 0 Å². The molecule has 128 valence electrons. The third-order valence-electron chi connectivity index (χ3n) is 4.16. The highest BCUT2D eigenvalue weighted by atomic mass is 32.1. The second-order valence-electron chi connectivity index (χ2n) is 6.07. The summed E-state index contributed by atoms with van der Waals surface area (Å²) in [6, 6.07) is 6.08. The highest BCUT2D eigenvalue weighted by Crippen LogP contribution is 2.26. The number of amides is 1. The van der Waals surface area contributed by atoms with Gasteiger partial charge in [-0.1, -0.05) is 13.8 Å². The standard InChI is InChI=1S/C16H20N4O3S/c1-10(2)16(3,9-17)19-14(21)13-8-24-15(18-13)11-4-6-12(7-5-11)20(22)23/h4-8,10H,9,17H2,1-3H3,(H,19,21). The molecule has 24 heavy (non-hydrogen) atoms. The summed E-state index contributed by atoms with van der Waals surface area (Å²) >= 11 is 1.31. The van der Waals surface area contributed by atoms with Crippen LogP contribution in [0.4, 0.5) is 5.69 Å². The van der Waals surface area contributed by atoms with E-state index in [1.807, 2.05) is 20.8 Å². The minimum absolute atomic E-state index is 0.0175. The van der Waals surface area contributed by atoms with Gasteiger partial charge in [0, 0.05) is 29.6 Å². The Labute approximate surface area is 144 Å². The molecule has 0 bridgehead atoms. The van der Waals surface area contributed by atoms with Gasteiger partial charge in [-0.25, -0.2) is 4.98 Å². The van der Waals surface area contributed by atoms with Crippen LogP contribution in [0.25, 0.3) is 10.6 Å². The molecule has 1 heterocycles. The minimum Gasteiger partial charge on any atom is -0.344 e. The van der Waals surface area contributed by atoms with Crippen LogP contribution >= 0.6 is 11.3 Å². The SMILES string of the molecule is CC(C)C(C)(CN)NC(=O)c1csc(-c2ccc([N+](=O)[O-])cc2)n1. The van der Waals surface area contributed by atoms with Gasteiger partial charge in [0.15, 0.2) is 0 Å². The second kappa shape index (κ2) is 7.06. The number of nitrogens with two attached hydrogens (primary N) is 1. The van der Waals surface area contributed by atoms with Crippen molar-refractivity contribution in [3.05, 3.63) is 45.5 Å². The van der Waals surface area contributed by atoms with E-state index in [4.69, 9.17) is 5.73 Å². The van der Waals surface area contributed by atoms with Crippen molar-refractivity contribution in [3.8, 4) is 10.6 Å². The number of nitrogens with one attached hydrogen (secondary N) is 1. The Morgan fingerprint density at radius 3 is 2.54 bits per heavy atom. The fraction of sp³-hybridized carbons (Fsp3) is 0.375. The van der Waals surface area contributed by atoms with Crippen molar-refractivity contribution in [3.63, 3.8) is 0 Å². The monoisotopic (exact) mass is 348 g/mol. The Kier molecular flexibility index (Phi) is 5.30. The zero-order valence-electron chi connectivity index (χ0n) is 13.8. The van der Waals surface area contributed by atoms with Crippen LogP contribution in [0.3, 0.4) is 0 Å². The zero-order chi connectivity index (χ0) is 17.9. The number of hydrogen-bond donors (Lipinski definition) is 2. The van der Waals surface area contributed by atoms with Crippen LogP contribution in [0.5, 0.6) is 0 Å². The number of rotatable bonds is 6. The number of nitrogens with zero attached hydrogens (tertiary/aromatic N) is 2. The third kappa shape index (κ3) is 3.77. The van der Waals surface area contributed by atoms with E-state index in [1.54, 1.807) is 17.5 Å². The molecule has 1 atom stereocenters. The number of nitro benzene ring substituents is 1. The minimum atomic E-state index is -0.506. The summed E-state index contributed by atoms with van der Waals surface area (Å²) in [5.74, 6) is -0.0970. The number of carbonyl (C=O) groups is 1. The normalized spacial score (nSPS) is 13.5. The first kappa shape index (κ1) is 18.0. The summed E-state index contributed by atoms with van der Waals surface area (Å²) < 4.78 is 0. The van der Waals surface area contributed by atoms with Crippen molar-refractivity contribution in [2.45, 2.75) is 26.3 Å². The number of carbonyl (C=O) groups excluding carboxylic acids is 1. The van der Waals surface area contributed by atoms with Gasteiger partial charge in [-0.15, -0.1) is 11.3 Å². The number of hydrogen-bond acceptors (Lipinski definition) is 6. The van der Waals surface area contributed by atoms with Crippen molar-refractivity contribution < 1.29 is 9.72 Å². The summed E-state index contributed by atoms with van der Waals surface area (Å²) in [6.45, 7) is 6.22. The lowest BCUT2D eigenvalue weighted by atomic mass is 9.88. The van der Waals surface area contributed by atoms with Gasteiger partial charge in [0.2, 0.25) is 0 Å². The summed E-state index contributed by atoms with van der Waals surface area (Å²) in [5, 5.41) is 15.9. The first-order chi connectivity index (χ1) is 11.3. The van der Waals surface area contributed by atoms with Crippen molar-refractivity contribution in [2.24, 2.45) is 11.7 Å². The lowest BCUT2D eigenvalue weighted by Gasteiger charge is -2.33. The topological polar surface area (TPSA) is 111 Å². The Morgan fingerprint density at radius 1 is 1.42 bits per heavy atom. The summed E-state index contributed by atoms with van der Waals surface area (Å²) in [5.41, 5.74) is 6.34. The molecule has 2 aromatic rings. The van der Waals surface area contributed by atoms with E-state index in [-0.39, 0.29) is 17.5 Å². The van der Waals surface area contributed by atoms with Crippen molar-refractivity contribution in [1.29, 1.82) is 0 Å². The first-order valence-electron chi connectivity index (χ1n) is 7.50. The van der Waals surface area contributed by atoms with E-state index >= 15 is 0 Å². The van der Waals surface area contributed by atoms with E-state index in [0.717, 1.165) is 5.56 Å². The van der Waals surface area contributed by atoms with E-state index < -0.39 is 10.5 Å². The Balaban J connectivity index is 2.18. The van der Waals surface area contributed by atoms with Crippen LogP contribution in [0.15, 0.2) is 29.6 Å². The van der Waals surface area contributed by atoms with Gasteiger partial charge in [-0.3, -0.25) is 14.9 Å². The number of thiazole rings is 1. The number of nitro groups is 1. The first-order valence-corrected chi connectivity index (χ1v) is 8.37. The highest BCUT2D eigenvalue weighted by molar-refractivity contribution is 7.13. The molecule has 3 N–H and O–H groups in total. The number of aromatic nitrogens is 1. The molecular weight excluding hydrogens is 328 g/mol. The van der Waals surface area contributed by atoms with Crippen LogP contribution in [0, 0.1) is 16.0 Å². The average Bonchev–Trinajstić information content (AvgIpc) is 3.04. The molecule has 0 aliphatic heterocycles. The molecule has 0 aliphatic carbocycles. The largest absolute Gasteiger partial charge is 0.344 e. The van der Waals surface area contributed by atoms with Crippen molar-refractivity contribution in [1.82, 2.24) is 10.3 Å². The molecule has 1 amide bonds. The van der Waals surface area contributed by atoms with E-state index in [0.29, 0.717) is 17.2 Å². The van der Waals surface area contributed by atoms with E-state index in [1.165, 1.54) is 23.5 Å². The lowest BCUT2D eigenvalue weighted by molar-refractivity contribution is -0.384. The van der Waals surface area contributed by atoms with Crippen LogP contribution in [0.1, 0.15) is 31.3 Å². The molecule has 1 aromatic heterocycles. The molecule has 0 fully saturated rings. The van der Waals surface area contributed by atoms with Gasteiger partial charge in [-0.05, 0) is 25.0 Å². The molecule has 0 saturated heterocycles. The van der Waals surface area contributed by atoms with E-state index in [9.17, 15) is 14.9 Å². The zero-order valence-corrected chi connectivity index (χ0v) is 14.6. The summed E-state index contributed by atoms with van der Waals surface area (Å²) in [4.78, 5) is 27.0. The van der Waals surface area contributed by atoms with Gasteiger partial charge < -0.3 is 11.1 Å². The number of benzene rings is 1. The molecular formula is C16H20N4O3S. The Morgan fingerprint density at radius 2 is 2.04 bits per heavy atom. The van der Waals surface area contributed by atoms with E-state index in [2.05, 4.69) is 10.3 Å². The molecule has 1 aromatic carbocycles. The predicted octanol–water partition coefficient (Wildman–Crippen LogP) is 2.82. The van der Waals surface area contributed by atoms with Gasteiger partial charge in [0.05, 0.1) is 10.5 Å². The average molecular weight is 348 g/mol. The quantitative estimate of drug-likeness (QED) is 0.616. The van der Waals surface area contributed by atoms with Crippen LogP contribution < -0.4 is 11.1 Å². The van der Waals surface area contributed by atoms with Crippen molar-refractivity contribution in [2.75, 3.05) is 6.54 Å². The molecule has 2 rings (SSSR count). The highest BCUT2D eigenvalue weighted by Gasteiger charge is 2.29. The molecule has 0 radical (unpaired) electrons. The molecule has 0 spiro atoms. The maximum Gasteiger partial charge on any atom is 0.271 e. The molecule has 0 saturated carbocycles. The van der Waals surface area contributed by atoms with Crippen LogP contribution in [-0.4, -0.2) is 27.9 Å². The lowest BCUT2D eigenvalue weighted by Crippen LogP contribution is -2.55. The maximum atomic E-state index is 12.4. The second-order valence-corrected chi connectivity index (χ2v) is 6.93. The number of non-ortho nitro benzene ring substituents is 1. The Bertz CT molecular complexity index is 742. The van der Waals surface area contributed by atoms with Gasteiger partial charge in [-0.2, -0.15) is 0 Å². The third-order valence-corrected chi connectivity index (χ3v) is 5.05. The van der Waals surface area contributed by atoms with Gasteiger partial charge in [0.25, 0.3) is 11.6 Å². The Hall–Kier alpha value is -2.32. The summed E-state index contributed by atoms with van der Waals surface area (Å²) in [7, 11) is 0. The molecule has 8 heteroatoms. The smallest absolute Gasteiger partial charge is 0.271 e. The van der Waals surface area contributed by atoms with Gasteiger partial charge in [0.1, 0.15) is 10.7 Å². The van der Waals surface area contributed by atoms with Crippen LogP contribution in [-0.2, 0) is 0 Å². The molecule has 7 nitrogen and oxygen atoms in total. The molecule has 1 unspecified atom stereocenters. The summed E-state index contributed by atoms with van der Waals surface area (Å²) in [6.07, 6.45) is 0. The fourth-order valence-corrected chi connectivity index (χ4v) is 2.80. The maximum absolute atomic E-state index is 12.4. The molecule has 0 aliphatic rings. The predicted molar refractivity (Wildman–Crippen MR) is 94.0 cm³/mol. The van der Waals surface area contributed by atoms with Crippen molar-refractivity contribution >= 4 is 22.9 Å². The fourth-order valence-electron chi connectivity index (χ4n) is 1.99.